The molecule has 43 heavy (non-hydrogen) atoms. The Bertz CT molecular complexity index is 2050. The number of methoxy groups -OCH3 is 1. The first-order chi connectivity index (χ1) is 21.0. The molecule has 0 amide bonds. The number of hydrogen-bond acceptors (Lipinski definition) is 7. The normalized spacial score (nSPS) is 14.8. The number of aromatic nitrogens is 1. The monoisotopic (exact) mass is 590 g/mol. The van der Waals surface area contributed by atoms with Gasteiger partial charge >= 0.3 is 5.97 Å². The van der Waals surface area contributed by atoms with Crippen LogP contribution in [0.3, 0.4) is 0 Å². The molecule has 216 valence electrons. The van der Waals surface area contributed by atoms with Crippen molar-refractivity contribution in [2.24, 2.45) is 4.99 Å². The van der Waals surface area contributed by atoms with Crippen molar-refractivity contribution in [3.8, 4) is 11.5 Å². The fourth-order valence-corrected chi connectivity index (χ4v) is 6.46. The van der Waals surface area contributed by atoms with Crippen LogP contribution in [0, 0.1) is 0 Å². The van der Waals surface area contributed by atoms with E-state index in [0.717, 1.165) is 21.9 Å². The first-order valence-corrected chi connectivity index (χ1v) is 14.8. The standard InChI is InChI=1S/C35H30N2O5S/c1-4-41-34(39)31-22(2)36-35-37(32(31)27-17-8-10-19-29(27)40-3)33(38)30(43-35)20-24-13-6-9-18-28(24)42-21-25-15-11-14-23-12-5-7-16-26(23)25/h5-20,32H,4,21H2,1-3H3/b30-20-/t32-/m0/s1. The third-order valence-electron chi connectivity index (χ3n) is 7.42. The van der Waals surface area contributed by atoms with Gasteiger partial charge in [0.05, 0.1) is 29.5 Å². The highest BCUT2D eigenvalue weighted by atomic mass is 32.1. The Morgan fingerprint density at radius 3 is 2.49 bits per heavy atom. The van der Waals surface area contributed by atoms with Gasteiger partial charge in [-0.15, -0.1) is 0 Å². The Labute approximate surface area is 252 Å². The number of thiazole rings is 1. The molecular formula is C35H30N2O5S. The molecular weight excluding hydrogens is 560 g/mol. The second-order valence-electron chi connectivity index (χ2n) is 10.0. The summed E-state index contributed by atoms with van der Waals surface area (Å²) in [5.41, 5.74) is 3.06. The lowest BCUT2D eigenvalue weighted by atomic mass is 9.95. The van der Waals surface area contributed by atoms with Crippen LogP contribution in [-0.2, 0) is 16.1 Å². The van der Waals surface area contributed by atoms with Gasteiger partial charge < -0.3 is 14.2 Å². The maximum Gasteiger partial charge on any atom is 0.338 e. The minimum atomic E-state index is -0.758. The summed E-state index contributed by atoms with van der Waals surface area (Å²) in [6.07, 6.45) is 1.82. The third-order valence-corrected chi connectivity index (χ3v) is 8.40. The topological polar surface area (TPSA) is 79.1 Å². The van der Waals surface area contributed by atoms with Crippen LogP contribution in [-0.4, -0.2) is 24.3 Å². The molecule has 0 saturated heterocycles. The number of allylic oxidation sites excluding steroid dienone is 1. The SMILES string of the molecule is CCOC(=O)C1=C(C)N=c2s/c(=C\c3ccccc3OCc3cccc4ccccc34)c(=O)n2[C@H]1c1ccccc1OC. The second kappa shape index (κ2) is 12.1. The van der Waals surface area contributed by atoms with Gasteiger partial charge in [0.25, 0.3) is 5.56 Å². The van der Waals surface area contributed by atoms with E-state index in [2.05, 4.69) is 29.3 Å². The largest absolute Gasteiger partial charge is 0.496 e. The number of hydrogen-bond donors (Lipinski definition) is 0. The summed E-state index contributed by atoms with van der Waals surface area (Å²) in [7, 11) is 1.57. The fraction of sp³-hybridized carbons (Fsp3) is 0.171. The predicted octanol–water partition coefficient (Wildman–Crippen LogP) is 5.54. The van der Waals surface area contributed by atoms with E-state index in [0.29, 0.717) is 44.3 Å². The van der Waals surface area contributed by atoms with Gasteiger partial charge in [-0.3, -0.25) is 9.36 Å². The maximum atomic E-state index is 14.1. The molecule has 5 aromatic rings. The number of esters is 1. The summed E-state index contributed by atoms with van der Waals surface area (Å²) >= 11 is 1.27. The molecule has 1 aromatic heterocycles. The molecule has 0 unspecified atom stereocenters. The van der Waals surface area contributed by atoms with Gasteiger partial charge in [0.15, 0.2) is 4.80 Å². The van der Waals surface area contributed by atoms with E-state index in [9.17, 15) is 9.59 Å². The molecule has 4 aromatic carbocycles. The minimum Gasteiger partial charge on any atom is -0.496 e. The Balaban J connectivity index is 1.44. The van der Waals surface area contributed by atoms with Crippen molar-refractivity contribution >= 4 is 34.2 Å². The molecule has 1 atom stereocenters. The zero-order chi connectivity index (χ0) is 29.9. The zero-order valence-corrected chi connectivity index (χ0v) is 24.9. The number of rotatable bonds is 8. The molecule has 7 nitrogen and oxygen atoms in total. The fourth-order valence-electron chi connectivity index (χ4n) is 5.42. The summed E-state index contributed by atoms with van der Waals surface area (Å²) < 4.78 is 19.4. The summed E-state index contributed by atoms with van der Waals surface area (Å²) in [5.74, 6) is 0.706. The van der Waals surface area contributed by atoms with Crippen LogP contribution in [0.1, 0.15) is 36.6 Å². The summed E-state index contributed by atoms with van der Waals surface area (Å²) in [6, 6.07) is 28.6. The highest BCUT2D eigenvalue weighted by molar-refractivity contribution is 7.07. The number of benzene rings is 4. The average Bonchev–Trinajstić information content (AvgIpc) is 3.33. The summed E-state index contributed by atoms with van der Waals surface area (Å²) in [6.45, 7) is 4.10. The maximum absolute atomic E-state index is 14.1. The van der Waals surface area contributed by atoms with E-state index in [4.69, 9.17) is 14.2 Å². The number of ether oxygens (including phenoxy) is 3. The molecule has 0 radical (unpaired) electrons. The van der Waals surface area contributed by atoms with Crippen molar-refractivity contribution in [1.82, 2.24) is 4.57 Å². The van der Waals surface area contributed by atoms with Crippen LogP contribution >= 0.6 is 11.3 Å². The smallest absolute Gasteiger partial charge is 0.338 e. The number of carbonyl (C=O) groups is 1. The second-order valence-corrected chi connectivity index (χ2v) is 11.0. The highest BCUT2D eigenvalue weighted by Gasteiger charge is 2.35. The lowest BCUT2D eigenvalue weighted by Crippen LogP contribution is -2.40. The summed E-state index contributed by atoms with van der Waals surface area (Å²) in [4.78, 5) is 32.5. The molecule has 0 fully saturated rings. The molecule has 2 heterocycles. The quantitative estimate of drug-likeness (QED) is 0.222. The number of carbonyl (C=O) groups excluding carboxylic acids is 1. The lowest BCUT2D eigenvalue weighted by molar-refractivity contribution is -0.139. The Hall–Kier alpha value is -4.95. The van der Waals surface area contributed by atoms with E-state index in [-0.39, 0.29) is 12.2 Å². The molecule has 0 saturated carbocycles. The van der Waals surface area contributed by atoms with Crippen LogP contribution in [0.25, 0.3) is 16.8 Å². The third kappa shape index (κ3) is 5.37. The van der Waals surface area contributed by atoms with Crippen molar-refractivity contribution in [2.75, 3.05) is 13.7 Å². The van der Waals surface area contributed by atoms with Gasteiger partial charge in [0.2, 0.25) is 0 Å². The molecule has 0 spiro atoms. The Morgan fingerprint density at radius 2 is 1.67 bits per heavy atom. The van der Waals surface area contributed by atoms with E-state index < -0.39 is 12.0 Å². The van der Waals surface area contributed by atoms with Crippen LogP contribution in [0.2, 0.25) is 0 Å². The first kappa shape index (κ1) is 28.2. The number of nitrogens with zero attached hydrogens (tertiary/aromatic N) is 2. The molecule has 0 bridgehead atoms. The molecule has 1 aliphatic heterocycles. The summed E-state index contributed by atoms with van der Waals surface area (Å²) in [5, 5.41) is 2.29. The van der Waals surface area contributed by atoms with Crippen molar-refractivity contribution < 1.29 is 19.0 Å². The average molecular weight is 591 g/mol. The van der Waals surface area contributed by atoms with E-state index in [1.165, 1.54) is 11.3 Å². The predicted molar refractivity (Wildman–Crippen MR) is 168 cm³/mol. The van der Waals surface area contributed by atoms with Crippen LogP contribution in [0.5, 0.6) is 11.5 Å². The van der Waals surface area contributed by atoms with Gasteiger partial charge in [-0.1, -0.05) is 90.2 Å². The Kier molecular flexibility index (Phi) is 7.94. The van der Waals surface area contributed by atoms with E-state index >= 15 is 0 Å². The first-order valence-electron chi connectivity index (χ1n) is 14.0. The zero-order valence-electron chi connectivity index (χ0n) is 24.1. The minimum absolute atomic E-state index is 0.203. The molecule has 0 N–H and O–H groups in total. The molecule has 6 rings (SSSR count). The van der Waals surface area contributed by atoms with Crippen molar-refractivity contribution in [3.05, 3.63) is 139 Å². The van der Waals surface area contributed by atoms with Crippen LogP contribution < -0.4 is 24.4 Å². The molecule has 1 aliphatic rings. The molecule has 0 aliphatic carbocycles. The van der Waals surface area contributed by atoms with E-state index in [1.54, 1.807) is 25.5 Å². The van der Waals surface area contributed by atoms with Gasteiger partial charge in [-0.2, -0.15) is 0 Å². The number of para-hydroxylation sites is 2. The van der Waals surface area contributed by atoms with Crippen molar-refractivity contribution in [1.29, 1.82) is 0 Å². The van der Waals surface area contributed by atoms with Gasteiger partial charge in [0, 0.05) is 11.1 Å². The highest BCUT2D eigenvalue weighted by Crippen LogP contribution is 2.35. The van der Waals surface area contributed by atoms with Gasteiger partial charge in [0.1, 0.15) is 24.1 Å². The van der Waals surface area contributed by atoms with Crippen LogP contribution in [0.15, 0.2) is 112 Å². The number of fused-ring (bicyclic) bond motifs is 2. The van der Waals surface area contributed by atoms with Gasteiger partial charge in [-0.25, -0.2) is 9.79 Å². The van der Waals surface area contributed by atoms with Crippen LogP contribution in [0.4, 0.5) is 0 Å². The van der Waals surface area contributed by atoms with Crippen molar-refractivity contribution in [2.45, 2.75) is 26.5 Å². The van der Waals surface area contributed by atoms with Gasteiger partial charge in [-0.05, 0) is 48.4 Å². The van der Waals surface area contributed by atoms with E-state index in [1.807, 2.05) is 72.8 Å². The Morgan fingerprint density at radius 1 is 0.953 bits per heavy atom. The molecule has 8 heteroatoms. The lowest BCUT2D eigenvalue weighted by Gasteiger charge is -2.25. The van der Waals surface area contributed by atoms with Crippen molar-refractivity contribution in [3.63, 3.8) is 0 Å².